The molecule has 2 aliphatic rings. The van der Waals surface area contributed by atoms with Crippen LogP contribution in [-0.2, 0) is 17.5 Å². The fourth-order valence-electron chi connectivity index (χ4n) is 3.99. The van der Waals surface area contributed by atoms with Crippen LogP contribution in [0.4, 0.5) is 13.2 Å². The van der Waals surface area contributed by atoms with Crippen molar-refractivity contribution in [1.29, 1.82) is 0 Å². The van der Waals surface area contributed by atoms with Crippen LogP contribution in [0.5, 0.6) is 0 Å². The molecule has 1 aromatic heterocycles. The van der Waals surface area contributed by atoms with E-state index in [4.69, 9.17) is 0 Å². The van der Waals surface area contributed by atoms with Crippen LogP contribution in [0.2, 0.25) is 0 Å². The Morgan fingerprint density at radius 1 is 1.18 bits per heavy atom. The third-order valence-corrected chi connectivity index (χ3v) is 5.46. The Morgan fingerprint density at radius 3 is 2.54 bits per heavy atom. The number of hydrogen-bond acceptors (Lipinski definition) is 3. The molecule has 0 unspecified atom stereocenters. The monoisotopic (exact) mass is 392 g/mol. The Labute approximate surface area is 159 Å². The summed E-state index contributed by atoms with van der Waals surface area (Å²) in [5, 5.41) is 4.16. The number of amides is 2. The van der Waals surface area contributed by atoms with E-state index in [0.717, 1.165) is 25.0 Å². The molecule has 1 aromatic carbocycles. The van der Waals surface area contributed by atoms with Crippen molar-refractivity contribution in [3.8, 4) is 0 Å². The van der Waals surface area contributed by atoms with Crippen LogP contribution in [-0.4, -0.2) is 58.1 Å². The van der Waals surface area contributed by atoms with Crippen molar-refractivity contribution in [2.75, 3.05) is 26.2 Å². The first kappa shape index (κ1) is 18.5. The van der Waals surface area contributed by atoms with Crippen molar-refractivity contribution in [1.82, 2.24) is 19.6 Å². The lowest BCUT2D eigenvalue weighted by Gasteiger charge is -2.45. The summed E-state index contributed by atoms with van der Waals surface area (Å²) in [6, 6.07) is 4.89. The molecule has 0 N–H and O–H groups in total. The van der Waals surface area contributed by atoms with Gasteiger partial charge in [-0.05, 0) is 24.1 Å². The Kier molecular flexibility index (Phi) is 4.40. The highest BCUT2D eigenvalue weighted by Crippen LogP contribution is 2.39. The van der Waals surface area contributed by atoms with Gasteiger partial charge in [-0.3, -0.25) is 14.3 Å². The molecule has 0 radical (unpaired) electrons. The average Bonchev–Trinajstić information content (AvgIpc) is 3.27. The van der Waals surface area contributed by atoms with Crippen LogP contribution in [0.3, 0.4) is 0 Å². The molecule has 0 bridgehead atoms. The van der Waals surface area contributed by atoms with Crippen molar-refractivity contribution < 1.29 is 22.8 Å². The first-order valence-electron chi connectivity index (χ1n) is 8.95. The highest BCUT2D eigenvalue weighted by molar-refractivity contribution is 5.94. The predicted molar refractivity (Wildman–Crippen MR) is 93.4 cm³/mol. The van der Waals surface area contributed by atoms with Crippen molar-refractivity contribution >= 4 is 12.3 Å². The maximum Gasteiger partial charge on any atom is 0.416 e. The second-order valence-electron chi connectivity index (χ2n) is 7.61. The van der Waals surface area contributed by atoms with Crippen LogP contribution in [0.1, 0.15) is 27.9 Å². The van der Waals surface area contributed by atoms with Gasteiger partial charge in [0.1, 0.15) is 0 Å². The van der Waals surface area contributed by atoms with Gasteiger partial charge in [0.05, 0.1) is 23.9 Å². The van der Waals surface area contributed by atoms with Gasteiger partial charge in [-0.2, -0.15) is 18.3 Å². The molecule has 2 aromatic rings. The minimum absolute atomic E-state index is 0.0206. The predicted octanol–water partition coefficient (Wildman–Crippen LogP) is 2.25. The van der Waals surface area contributed by atoms with Gasteiger partial charge in [0.15, 0.2) is 0 Å². The molecule has 0 aliphatic carbocycles. The number of carbonyl (C=O) groups excluding carboxylic acids is 2. The van der Waals surface area contributed by atoms with E-state index in [-0.39, 0.29) is 17.9 Å². The van der Waals surface area contributed by atoms with Gasteiger partial charge in [0.2, 0.25) is 6.41 Å². The summed E-state index contributed by atoms with van der Waals surface area (Å²) < 4.78 is 39.4. The lowest BCUT2D eigenvalue weighted by atomic mass is 9.79. The number of nitrogens with zero attached hydrogens (tertiary/aromatic N) is 4. The Balaban J connectivity index is 1.38. The van der Waals surface area contributed by atoms with Gasteiger partial charge in [-0.25, -0.2) is 0 Å². The summed E-state index contributed by atoms with van der Waals surface area (Å²) in [4.78, 5) is 27.0. The van der Waals surface area contributed by atoms with Crippen molar-refractivity contribution in [2.45, 2.75) is 19.1 Å². The van der Waals surface area contributed by atoms with E-state index in [1.165, 1.54) is 18.3 Å². The Bertz CT molecular complexity index is 885. The molecule has 2 saturated heterocycles. The molecule has 6 nitrogen and oxygen atoms in total. The number of rotatable bonds is 4. The second kappa shape index (κ2) is 6.65. The third-order valence-electron chi connectivity index (χ3n) is 5.46. The zero-order chi connectivity index (χ0) is 19.9. The van der Waals surface area contributed by atoms with E-state index in [1.54, 1.807) is 20.7 Å². The molecule has 4 rings (SSSR count). The summed E-state index contributed by atoms with van der Waals surface area (Å²) in [6.45, 7) is 2.93. The van der Waals surface area contributed by atoms with E-state index >= 15 is 0 Å². The minimum Gasteiger partial charge on any atom is -0.344 e. The molecule has 2 aliphatic heterocycles. The van der Waals surface area contributed by atoms with Gasteiger partial charge in [-0.15, -0.1) is 0 Å². The normalized spacial score (nSPS) is 18.4. The smallest absolute Gasteiger partial charge is 0.344 e. The quantitative estimate of drug-likeness (QED) is 0.750. The number of aromatic nitrogens is 2. The molecular weight excluding hydrogens is 373 g/mol. The summed E-state index contributed by atoms with van der Waals surface area (Å²) in [5.41, 5.74) is 0.445. The highest BCUT2D eigenvalue weighted by Gasteiger charge is 2.48. The molecule has 3 heterocycles. The molecule has 28 heavy (non-hydrogen) atoms. The van der Waals surface area contributed by atoms with Crippen molar-refractivity contribution in [3.63, 3.8) is 0 Å². The largest absolute Gasteiger partial charge is 0.416 e. The van der Waals surface area contributed by atoms with Crippen LogP contribution in [0.25, 0.3) is 0 Å². The number of benzene rings is 1. The Hall–Kier alpha value is -2.84. The average molecular weight is 392 g/mol. The summed E-state index contributed by atoms with van der Waals surface area (Å²) in [5.74, 6) is -0.111. The third kappa shape index (κ3) is 3.48. The van der Waals surface area contributed by atoms with Gasteiger partial charge < -0.3 is 9.80 Å². The van der Waals surface area contributed by atoms with E-state index in [9.17, 15) is 22.8 Å². The number of alkyl halides is 3. The van der Waals surface area contributed by atoms with Crippen LogP contribution in [0.15, 0.2) is 36.7 Å². The fourth-order valence-corrected chi connectivity index (χ4v) is 3.99. The second-order valence-corrected chi connectivity index (χ2v) is 7.61. The SMILES string of the molecule is O=CN1CC2(CCN(C(=O)c3cnn(Cc4ccc(C(F)(F)F)cc4)c3)C2)C1. The van der Waals surface area contributed by atoms with E-state index in [0.29, 0.717) is 37.3 Å². The molecule has 9 heteroatoms. The minimum atomic E-state index is -4.36. The number of likely N-dealkylation sites (tertiary alicyclic amines) is 2. The fraction of sp³-hybridized carbons (Fsp3) is 0.421. The van der Waals surface area contributed by atoms with Gasteiger partial charge >= 0.3 is 6.18 Å². The molecule has 0 saturated carbocycles. The topological polar surface area (TPSA) is 58.4 Å². The molecular formula is C19H19F3N4O2. The molecule has 148 valence electrons. The lowest BCUT2D eigenvalue weighted by Crippen LogP contribution is -2.56. The van der Waals surface area contributed by atoms with Crippen LogP contribution >= 0.6 is 0 Å². The van der Waals surface area contributed by atoms with Crippen molar-refractivity contribution in [2.24, 2.45) is 5.41 Å². The zero-order valence-corrected chi connectivity index (χ0v) is 15.0. The van der Waals surface area contributed by atoms with Crippen LogP contribution in [0, 0.1) is 5.41 Å². The first-order valence-corrected chi connectivity index (χ1v) is 8.95. The maximum absolute atomic E-state index is 12.7. The van der Waals surface area contributed by atoms with Gasteiger partial charge in [0.25, 0.3) is 5.91 Å². The summed E-state index contributed by atoms with van der Waals surface area (Å²) >= 11 is 0. The van der Waals surface area contributed by atoms with Crippen LogP contribution < -0.4 is 0 Å². The number of hydrogen-bond donors (Lipinski definition) is 0. The standard InChI is InChI=1S/C19H19F3N4O2/c20-19(21,22)16-3-1-14(2-4-16)8-26-9-15(7-23-26)17(28)25-6-5-18(12-25)10-24(11-18)13-27/h1-4,7,9,13H,5-6,8,10-12H2. The number of carbonyl (C=O) groups is 2. The molecule has 1 spiro atoms. The zero-order valence-electron chi connectivity index (χ0n) is 15.0. The maximum atomic E-state index is 12.7. The van der Waals surface area contributed by atoms with Crippen molar-refractivity contribution in [3.05, 3.63) is 53.3 Å². The molecule has 2 fully saturated rings. The van der Waals surface area contributed by atoms with E-state index < -0.39 is 11.7 Å². The first-order chi connectivity index (χ1) is 13.3. The van der Waals surface area contributed by atoms with E-state index in [1.807, 2.05) is 0 Å². The summed E-state index contributed by atoms with van der Waals surface area (Å²) in [7, 11) is 0. The van der Waals surface area contributed by atoms with Gasteiger partial charge in [-0.1, -0.05) is 12.1 Å². The molecule has 2 amide bonds. The highest BCUT2D eigenvalue weighted by atomic mass is 19.4. The van der Waals surface area contributed by atoms with Gasteiger partial charge in [0, 0.05) is 37.8 Å². The Morgan fingerprint density at radius 2 is 1.89 bits per heavy atom. The van der Waals surface area contributed by atoms with E-state index in [2.05, 4.69) is 5.10 Å². The molecule has 0 atom stereocenters. The number of halogens is 3. The summed E-state index contributed by atoms with van der Waals surface area (Å²) in [6.07, 6.45) is 0.448. The lowest BCUT2D eigenvalue weighted by molar-refractivity contribution is -0.137.